The molecule has 2 saturated heterocycles. The summed E-state index contributed by atoms with van der Waals surface area (Å²) in [5, 5.41) is 9.10. The summed E-state index contributed by atoms with van der Waals surface area (Å²) < 4.78 is 16.8. The van der Waals surface area contributed by atoms with Gasteiger partial charge in [-0.15, -0.1) is 0 Å². The molecular formula is C13H23NO5. The molecule has 2 rings (SSSR count). The number of carbonyl (C=O) groups is 1. The quantitative estimate of drug-likeness (QED) is 0.775. The summed E-state index contributed by atoms with van der Waals surface area (Å²) in [5.74, 6) is -0.761. The van der Waals surface area contributed by atoms with Crippen LogP contribution in [0, 0.1) is 0 Å². The van der Waals surface area contributed by atoms with Crippen molar-refractivity contribution in [2.75, 3.05) is 26.3 Å². The van der Waals surface area contributed by atoms with Crippen LogP contribution in [0.4, 0.5) is 4.79 Å². The first-order valence-corrected chi connectivity index (χ1v) is 6.74. The van der Waals surface area contributed by atoms with Gasteiger partial charge in [-0.25, -0.2) is 4.79 Å². The van der Waals surface area contributed by atoms with Crippen LogP contribution in [0.5, 0.6) is 0 Å². The number of hydrogen-bond donors (Lipinski definition) is 1. The third kappa shape index (κ3) is 3.58. The first-order chi connectivity index (χ1) is 8.84. The molecule has 2 aliphatic heterocycles. The van der Waals surface area contributed by atoms with Gasteiger partial charge in [0.05, 0.1) is 19.8 Å². The van der Waals surface area contributed by atoms with Crippen LogP contribution < -0.4 is 0 Å². The molecule has 1 amide bonds. The second kappa shape index (κ2) is 5.26. The van der Waals surface area contributed by atoms with Crippen LogP contribution in [0.3, 0.4) is 0 Å². The lowest BCUT2D eigenvalue weighted by Crippen LogP contribution is -2.52. The van der Waals surface area contributed by atoms with Crippen molar-refractivity contribution < 1.29 is 24.1 Å². The molecule has 2 unspecified atom stereocenters. The number of piperidine rings is 1. The van der Waals surface area contributed by atoms with Crippen molar-refractivity contribution in [3.05, 3.63) is 0 Å². The van der Waals surface area contributed by atoms with Gasteiger partial charge in [-0.05, 0) is 27.2 Å². The van der Waals surface area contributed by atoms with Crippen LogP contribution in [0.1, 0.15) is 33.6 Å². The monoisotopic (exact) mass is 273 g/mol. The Balaban J connectivity index is 1.96. The fourth-order valence-corrected chi connectivity index (χ4v) is 2.39. The molecular weight excluding hydrogens is 250 g/mol. The Bertz CT molecular complexity index is 340. The van der Waals surface area contributed by atoms with Crippen LogP contribution >= 0.6 is 0 Å². The number of aliphatic hydroxyl groups is 1. The van der Waals surface area contributed by atoms with E-state index < -0.39 is 11.4 Å². The highest BCUT2D eigenvalue weighted by Crippen LogP contribution is 2.33. The van der Waals surface area contributed by atoms with Gasteiger partial charge in [0, 0.05) is 13.0 Å². The summed E-state index contributed by atoms with van der Waals surface area (Å²) in [6, 6.07) is 0. The van der Waals surface area contributed by atoms with E-state index in [0.29, 0.717) is 19.7 Å². The van der Waals surface area contributed by atoms with Gasteiger partial charge in [-0.1, -0.05) is 0 Å². The number of likely N-dealkylation sites (tertiary alicyclic amines) is 1. The molecule has 0 aliphatic carbocycles. The molecule has 110 valence electrons. The Labute approximate surface area is 113 Å². The standard InChI is InChI=1S/C13H23NO5/c1-12(2,3)19-11(16)14-6-4-5-13(9-14)17-8-10(7-15)18-13/h10,15H,4-9H2,1-3H3. The SMILES string of the molecule is CC(C)(C)OC(=O)N1CCCC2(C1)OCC(CO)O2. The summed E-state index contributed by atoms with van der Waals surface area (Å²) >= 11 is 0. The summed E-state index contributed by atoms with van der Waals surface area (Å²) in [6.45, 7) is 6.84. The van der Waals surface area contributed by atoms with Crippen LogP contribution in [0.2, 0.25) is 0 Å². The van der Waals surface area contributed by atoms with Crippen molar-refractivity contribution in [2.24, 2.45) is 0 Å². The van der Waals surface area contributed by atoms with Crippen LogP contribution in [-0.4, -0.2) is 59.9 Å². The van der Waals surface area contributed by atoms with Gasteiger partial charge < -0.3 is 24.2 Å². The largest absolute Gasteiger partial charge is 0.444 e. The summed E-state index contributed by atoms with van der Waals surface area (Å²) in [4.78, 5) is 13.7. The van der Waals surface area contributed by atoms with Gasteiger partial charge in [-0.2, -0.15) is 0 Å². The maximum atomic E-state index is 12.0. The molecule has 2 heterocycles. The van der Waals surface area contributed by atoms with Crippen molar-refractivity contribution in [1.82, 2.24) is 4.90 Å². The third-order valence-corrected chi connectivity index (χ3v) is 3.19. The van der Waals surface area contributed by atoms with Gasteiger partial charge >= 0.3 is 6.09 Å². The van der Waals surface area contributed by atoms with E-state index in [1.54, 1.807) is 4.90 Å². The van der Waals surface area contributed by atoms with Crippen LogP contribution in [0.25, 0.3) is 0 Å². The fourth-order valence-electron chi connectivity index (χ4n) is 2.39. The molecule has 6 heteroatoms. The van der Waals surface area contributed by atoms with E-state index in [0.717, 1.165) is 12.8 Å². The number of rotatable bonds is 1. The van der Waals surface area contributed by atoms with Gasteiger partial charge in [-0.3, -0.25) is 0 Å². The van der Waals surface area contributed by atoms with E-state index in [4.69, 9.17) is 19.3 Å². The maximum absolute atomic E-state index is 12.0. The highest BCUT2D eigenvalue weighted by Gasteiger charge is 2.46. The lowest BCUT2D eigenvalue weighted by Gasteiger charge is -2.39. The molecule has 2 fully saturated rings. The van der Waals surface area contributed by atoms with Crippen molar-refractivity contribution in [1.29, 1.82) is 0 Å². The molecule has 2 atom stereocenters. The highest BCUT2D eigenvalue weighted by atomic mass is 16.7. The van der Waals surface area contributed by atoms with Gasteiger partial charge in [0.2, 0.25) is 0 Å². The topological polar surface area (TPSA) is 68.2 Å². The van der Waals surface area contributed by atoms with Crippen molar-refractivity contribution >= 4 is 6.09 Å². The minimum Gasteiger partial charge on any atom is -0.444 e. The maximum Gasteiger partial charge on any atom is 0.410 e. The van der Waals surface area contributed by atoms with E-state index in [-0.39, 0.29) is 18.8 Å². The average molecular weight is 273 g/mol. The minimum absolute atomic E-state index is 0.0613. The lowest BCUT2D eigenvalue weighted by atomic mass is 10.1. The average Bonchev–Trinajstić information content (AvgIpc) is 2.70. The van der Waals surface area contributed by atoms with Crippen LogP contribution in [0.15, 0.2) is 0 Å². The first kappa shape index (κ1) is 14.6. The molecule has 0 saturated carbocycles. The van der Waals surface area contributed by atoms with Crippen LogP contribution in [-0.2, 0) is 14.2 Å². The fraction of sp³-hybridized carbons (Fsp3) is 0.923. The number of aliphatic hydroxyl groups excluding tert-OH is 1. The Hall–Kier alpha value is -0.850. The van der Waals surface area contributed by atoms with Crippen molar-refractivity contribution in [3.8, 4) is 0 Å². The molecule has 0 bridgehead atoms. The molecule has 0 aromatic carbocycles. The zero-order valence-corrected chi connectivity index (χ0v) is 11.8. The third-order valence-electron chi connectivity index (χ3n) is 3.19. The summed E-state index contributed by atoms with van der Waals surface area (Å²) in [7, 11) is 0. The van der Waals surface area contributed by atoms with Crippen molar-refractivity contribution in [3.63, 3.8) is 0 Å². The van der Waals surface area contributed by atoms with Gasteiger partial charge in [0.1, 0.15) is 11.7 Å². The predicted molar refractivity (Wildman–Crippen MR) is 67.7 cm³/mol. The number of nitrogens with zero attached hydrogens (tertiary/aromatic N) is 1. The Kier molecular flexibility index (Phi) is 4.03. The molecule has 6 nitrogen and oxygen atoms in total. The smallest absolute Gasteiger partial charge is 0.410 e. The first-order valence-electron chi connectivity index (χ1n) is 6.74. The molecule has 0 radical (unpaired) electrons. The van der Waals surface area contributed by atoms with Gasteiger partial charge in [0.15, 0.2) is 5.79 Å². The molecule has 1 spiro atoms. The number of ether oxygens (including phenoxy) is 3. The number of amides is 1. The number of carbonyl (C=O) groups excluding carboxylic acids is 1. The normalized spacial score (nSPS) is 31.8. The molecule has 19 heavy (non-hydrogen) atoms. The Morgan fingerprint density at radius 2 is 2.26 bits per heavy atom. The molecule has 0 aromatic heterocycles. The zero-order chi connectivity index (χ0) is 14.1. The van der Waals surface area contributed by atoms with Gasteiger partial charge in [0.25, 0.3) is 0 Å². The number of hydrogen-bond acceptors (Lipinski definition) is 5. The molecule has 1 N–H and O–H groups in total. The van der Waals surface area contributed by atoms with E-state index in [9.17, 15) is 4.79 Å². The second-order valence-corrected chi connectivity index (χ2v) is 6.15. The highest BCUT2D eigenvalue weighted by molar-refractivity contribution is 5.68. The van der Waals surface area contributed by atoms with E-state index >= 15 is 0 Å². The second-order valence-electron chi connectivity index (χ2n) is 6.15. The molecule has 0 aromatic rings. The van der Waals surface area contributed by atoms with Crippen molar-refractivity contribution in [2.45, 2.75) is 51.1 Å². The summed E-state index contributed by atoms with van der Waals surface area (Å²) in [5.41, 5.74) is -0.507. The predicted octanol–water partition coefficient (Wildman–Crippen LogP) is 1.12. The Morgan fingerprint density at radius 3 is 2.84 bits per heavy atom. The van der Waals surface area contributed by atoms with E-state index in [2.05, 4.69) is 0 Å². The lowest BCUT2D eigenvalue weighted by molar-refractivity contribution is -0.198. The minimum atomic E-state index is -0.761. The Morgan fingerprint density at radius 1 is 1.53 bits per heavy atom. The zero-order valence-electron chi connectivity index (χ0n) is 11.8. The molecule has 2 aliphatic rings. The van der Waals surface area contributed by atoms with E-state index in [1.165, 1.54) is 0 Å². The summed E-state index contributed by atoms with van der Waals surface area (Å²) in [6.07, 6.45) is 0.907. The van der Waals surface area contributed by atoms with E-state index in [1.807, 2.05) is 20.8 Å².